The van der Waals surface area contributed by atoms with Crippen LogP contribution in [0.1, 0.15) is 33.6 Å². The average molecular weight is 328 g/mol. The zero-order chi connectivity index (χ0) is 16.2. The fourth-order valence-corrected chi connectivity index (χ4v) is 3.54. The van der Waals surface area contributed by atoms with Gasteiger partial charge in [0.25, 0.3) is 5.91 Å². The maximum absolute atomic E-state index is 12.5. The van der Waals surface area contributed by atoms with Crippen molar-refractivity contribution in [3.8, 4) is 0 Å². The van der Waals surface area contributed by atoms with Crippen molar-refractivity contribution in [1.29, 1.82) is 0 Å². The maximum Gasteiger partial charge on any atom is 0.261 e. The van der Waals surface area contributed by atoms with Crippen LogP contribution in [0.3, 0.4) is 0 Å². The topological polar surface area (TPSA) is 49.4 Å². The molecule has 2 heterocycles. The fourth-order valence-electron chi connectivity index (χ4n) is 2.90. The molecule has 3 rings (SSSR count). The Kier molecular flexibility index (Phi) is 4.76. The quantitative estimate of drug-likeness (QED) is 0.937. The Hall–Kier alpha value is -2.14. The minimum absolute atomic E-state index is 0.0706. The minimum atomic E-state index is -0.109. The molecule has 2 amide bonds. The number of amides is 2. The summed E-state index contributed by atoms with van der Waals surface area (Å²) in [4.78, 5) is 26.9. The van der Waals surface area contributed by atoms with Crippen LogP contribution in [0.5, 0.6) is 0 Å². The summed E-state index contributed by atoms with van der Waals surface area (Å²) in [6.07, 6.45) is 2.34. The third kappa shape index (κ3) is 3.62. The van der Waals surface area contributed by atoms with E-state index in [9.17, 15) is 9.59 Å². The number of carbonyl (C=O) groups is 2. The number of hydrogen-bond donors (Lipinski definition) is 1. The molecule has 4 nitrogen and oxygen atoms in total. The first-order chi connectivity index (χ1) is 11.1. The van der Waals surface area contributed by atoms with Crippen LogP contribution in [0.2, 0.25) is 0 Å². The van der Waals surface area contributed by atoms with E-state index in [1.54, 1.807) is 6.07 Å². The van der Waals surface area contributed by atoms with Crippen LogP contribution >= 0.6 is 11.3 Å². The van der Waals surface area contributed by atoms with Crippen molar-refractivity contribution in [2.24, 2.45) is 0 Å². The number of rotatable bonds is 4. The molecular weight excluding hydrogens is 308 g/mol. The fraction of sp³-hybridized carbons (Fsp3) is 0.333. The molecule has 2 aromatic rings. The molecule has 0 bridgehead atoms. The van der Waals surface area contributed by atoms with E-state index >= 15 is 0 Å². The molecule has 1 aliphatic rings. The van der Waals surface area contributed by atoms with Gasteiger partial charge < -0.3 is 10.2 Å². The van der Waals surface area contributed by atoms with E-state index in [1.807, 2.05) is 28.5 Å². The van der Waals surface area contributed by atoms with Crippen LogP contribution in [-0.2, 0) is 11.2 Å². The van der Waals surface area contributed by atoms with Crippen LogP contribution < -0.4 is 10.2 Å². The maximum atomic E-state index is 12.5. The molecule has 1 aliphatic heterocycles. The Morgan fingerprint density at radius 2 is 2.17 bits per heavy atom. The second-order valence-corrected chi connectivity index (χ2v) is 6.71. The molecule has 0 saturated carbocycles. The van der Waals surface area contributed by atoms with Crippen molar-refractivity contribution in [3.63, 3.8) is 0 Å². The largest absolute Gasteiger partial charge is 0.351 e. The van der Waals surface area contributed by atoms with Gasteiger partial charge in [0.15, 0.2) is 0 Å². The molecule has 1 aromatic carbocycles. The van der Waals surface area contributed by atoms with E-state index in [0.717, 1.165) is 25.1 Å². The van der Waals surface area contributed by atoms with Crippen LogP contribution in [0.4, 0.5) is 5.69 Å². The lowest BCUT2D eigenvalue weighted by molar-refractivity contribution is -0.118. The average Bonchev–Trinajstić information content (AvgIpc) is 3.08. The SMILES string of the molecule is Cc1ccc2c(c1)CCCN2C(=O)CCNC(=O)c1cccs1. The number of nitrogens with zero attached hydrogens (tertiary/aromatic N) is 1. The van der Waals surface area contributed by atoms with E-state index in [1.165, 1.54) is 22.5 Å². The minimum Gasteiger partial charge on any atom is -0.351 e. The Morgan fingerprint density at radius 3 is 2.96 bits per heavy atom. The molecule has 0 atom stereocenters. The lowest BCUT2D eigenvalue weighted by atomic mass is 9.99. The van der Waals surface area contributed by atoms with Gasteiger partial charge in [-0.15, -0.1) is 11.3 Å². The van der Waals surface area contributed by atoms with Gasteiger partial charge in [-0.2, -0.15) is 0 Å². The van der Waals surface area contributed by atoms with Gasteiger partial charge >= 0.3 is 0 Å². The number of thiophene rings is 1. The normalized spacial score (nSPS) is 13.5. The number of benzene rings is 1. The molecule has 0 unspecified atom stereocenters. The van der Waals surface area contributed by atoms with Gasteiger partial charge in [-0.05, 0) is 42.8 Å². The lowest BCUT2D eigenvalue weighted by Crippen LogP contribution is -2.37. The summed E-state index contributed by atoms with van der Waals surface area (Å²) in [5, 5.41) is 4.68. The highest BCUT2D eigenvalue weighted by molar-refractivity contribution is 7.12. The van der Waals surface area contributed by atoms with Crippen LogP contribution in [0.15, 0.2) is 35.7 Å². The van der Waals surface area contributed by atoms with Gasteiger partial charge in [0, 0.05) is 25.2 Å². The predicted octanol–water partition coefficient (Wildman–Crippen LogP) is 3.16. The zero-order valence-corrected chi connectivity index (χ0v) is 14.0. The first-order valence-electron chi connectivity index (χ1n) is 7.87. The van der Waals surface area contributed by atoms with Crippen molar-refractivity contribution in [2.45, 2.75) is 26.2 Å². The third-order valence-corrected chi connectivity index (χ3v) is 4.89. The second-order valence-electron chi connectivity index (χ2n) is 5.76. The van der Waals surface area contributed by atoms with Gasteiger partial charge in [0.05, 0.1) is 4.88 Å². The van der Waals surface area contributed by atoms with Crippen LogP contribution in [0.25, 0.3) is 0 Å². The van der Waals surface area contributed by atoms with Gasteiger partial charge in [0.1, 0.15) is 0 Å². The Bertz CT molecular complexity index is 710. The van der Waals surface area contributed by atoms with Crippen molar-refractivity contribution < 1.29 is 9.59 Å². The Balaban J connectivity index is 1.58. The highest BCUT2D eigenvalue weighted by Gasteiger charge is 2.22. The second kappa shape index (κ2) is 6.96. The first-order valence-corrected chi connectivity index (χ1v) is 8.75. The summed E-state index contributed by atoms with van der Waals surface area (Å²) >= 11 is 1.40. The van der Waals surface area contributed by atoms with E-state index < -0.39 is 0 Å². The summed E-state index contributed by atoms with van der Waals surface area (Å²) in [7, 11) is 0. The summed E-state index contributed by atoms with van der Waals surface area (Å²) in [5.74, 6) is -0.0382. The molecule has 120 valence electrons. The van der Waals surface area contributed by atoms with E-state index in [-0.39, 0.29) is 11.8 Å². The molecule has 0 radical (unpaired) electrons. The van der Waals surface area contributed by atoms with Gasteiger partial charge in [-0.1, -0.05) is 23.8 Å². The van der Waals surface area contributed by atoms with E-state index in [2.05, 4.69) is 18.3 Å². The van der Waals surface area contributed by atoms with E-state index in [4.69, 9.17) is 0 Å². The monoisotopic (exact) mass is 328 g/mol. The molecule has 23 heavy (non-hydrogen) atoms. The van der Waals surface area contributed by atoms with E-state index in [0.29, 0.717) is 17.8 Å². The lowest BCUT2D eigenvalue weighted by Gasteiger charge is -2.30. The summed E-state index contributed by atoms with van der Waals surface area (Å²) in [5.41, 5.74) is 3.49. The number of fused-ring (bicyclic) bond motifs is 1. The van der Waals surface area contributed by atoms with Crippen LogP contribution in [0, 0.1) is 6.92 Å². The van der Waals surface area contributed by atoms with Crippen molar-refractivity contribution in [3.05, 3.63) is 51.7 Å². The highest BCUT2D eigenvalue weighted by atomic mass is 32.1. The van der Waals surface area contributed by atoms with Gasteiger partial charge in [-0.3, -0.25) is 9.59 Å². The third-order valence-electron chi connectivity index (χ3n) is 4.02. The smallest absolute Gasteiger partial charge is 0.261 e. The summed E-state index contributed by atoms with van der Waals surface area (Å²) in [6.45, 7) is 3.20. The molecule has 0 aliphatic carbocycles. The molecule has 0 saturated heterocycles. The number of hydrogen-bond acceptors (Lipinski definition) is 3. The summed E-state index contributed by atoms with van der Waals surface area (Å²) in [6, 6.07) is 9.87. The van der Waals surface area contributed by atoms with Gasteiger partial charge in [0.2, 0.25) is 5.91 Å². The molecule has 1 aromatic heterocycles. The number of aryl methyl sites for hydroxylation is 2. The highest BCUT2D eigenvalue weighted by Crippen LogP contribution is 2.28. The van der Waals surface area contributed by atoms with Crippen molar-refractivity contribution >= 4 is 28.8 Å². The number of nitrogens with one attached hydrogen (secondary N) is 1. The zero-order valence-electron chi connectivity index (χ0n) is 13.2. The Morgan fingerprint density at radius 1 is 1.30 bits per heavy atom. The molecule has 5 heteroatoms. The van der Waals surface area contributed by atoms with Gasteiger partial charge in [-0.25, -0.2) is 0 Å². The molecule has 0 fully saturated rings. The number of anilines is 1. The predicted molar refractivity (Wildman–Crippen MR) is 93.1 cm³/mol. The molecule has 1 N–H and O–H groups in total. The van der Waals surface area contributed by atoms with Crippen molar-refractivity contribution in [1.82, 2.24) is 5.32 Å². The summed E-state index contributed by atoms with van der Waals surface area (Å²) < 4.78 is 0. The molecule has 0 spiro atoms. The Labute approximate surface area is 140 Å². The molecular formula is C18H20N2O2S. The van der Waals surface area contributed by atoms with Crippen LogP contribution in [-0.4, -0.2) is 24.9 Å². The first kappa shape index (κ1) is 15.7. The number of carbonyl (C=O) groups excluding carboxylic acids is 2. The standard InChI is InChI=1S/C18H20N2O2S/c1-13-6-7-15-14(12-13)4-2-10-20(15)17(21)8-9-19-18(22)16-5-3-11-23-16/h3,5-7,11-12H,2,4,8-10H2,1H3,(H,19,22). The van der Waals surface area contributed by atoms with Crippen molar-refractivity contribution in [2.75, 3.05) is 18.0 Å².